The Labute approximate surface area is 141 Å². The molecule has 23 heavy (non-hydrogen) atoms. The number of hydrogen-bond donors (Lipinski definition) is 1. The molecule has 3 aromatic rings. The highest BCUT2D eigenvalue weighted by atomic mass is 35.5. The van der Waals surface area contributed by atoms with E-state index in [1.54, 1.807) is 12.1 Å². The Kier molecular flexibility index (Phi) is 4.89. The number of thiophene rings is 1. The number of aromatic nitrogens is 2. The number of carbonyl (C=O) groups excluding carboxylic acids is 1. The fourth-order valence-corrected chi connectivity index (χ4v) is 2.87. The molecule has 3 rings (SSSR count). The molecule has 0 aliphatic carbocycles. The van der Waals surface area contributed by atoms with Crippen LogP contribution in [-0.2, 0) is 11.2 Å². The van der Waals surface area contributed by atoms with Crippen LogP contribution < -0.4 is 10.1 Å². The van der Waals surface area contributed by atoms with Gasteiger partial charge in [0.2, 0.25) is 5.89 Å². The maximum Gasteiger partial charge on any atom is 0.322 e. The first-order chi connectivity index (χ1) is 11.2. The van der Waals surface area contributed by atoms with E-state index in [2.05, 4.69) is 15.5 Å². The molecule has 0 atom stereocenters. The average Bonchev–Trinajstić information content (AvgIpc) is 3.16. The predicted molar refractivity (Wildman–Crippen MR) is 87.0 cm³/mol. The minimum absolute atomic E-state index is 0.0457. The molecule has 8 heteroatoms. The molecule has 1 N–H and O–H groups in total. The van der Waals surface area contributed by atoms with E-state index in [0.29, 0.717) is 22.4 Å². The molecule has 2 heterocycles. The summed E-state index contributed by atoms with van der Waals surface area (Å²) in [6, 6.07) is 12.8. The molecule has 0 fully saturated rings. The second-order valence-corrected chi connectivity index (χ2v) is 6.33. The Morgan fingerprint density at radius 2 is 2.04 bits per heavy atom. The summed E-state index contributed by atoms with van der Waals surface area (Å²) >= 11 is 7.31. The Morgan fingerprint density at radius 1 is 1.22 bits per heavy atom. The number of halogens is 1. The third kappa shape index (κ3) is 4.54. The van der Waals surface area contributed by atoms with Gasteiger partial charge in [-0.05, 0) is 24.3 Å². The van der Waals surface area contributed by atoms with E-state index in [1.165, 1.54) is 11.3 Å². The second-order valence-electron chi connectivity index (χ2n) is 4.53. The molecule has 0 unspecified atom stereocenters. The molecular formula is C15H12ClN3O3S. The smallest absolute Gasteiger partial charge is 0.322 e. The van der Waals surface area contributed by atoms with Crippen LogP contribution >= 0.6 is 22.9 Å². The summed E-state index contributed by atoms with van der Waals surface area (Å²) in [6.07, 6.45) is 0.473. The lowest BCUT2D eigenvalue weighted by molar-refractivity contribution is -0.118. The van der Waals surface area contributed by atoms with Crippen LogP contribution in [-0.4, -0.2) is 22.7 Å². The van der Waals surface area contributed by atoms with Gasteiger partial charge in [-0.3, -0.25) is 10.1 Å². The number of nitrogens with zero attached hydrogens (tertiary/aromatic N) is 2. The van der Waals surface area contributed by atoms with Crippen molar-refractivity contribution in [2.45, 2.75) is 6.42 Å². The quantitative estimate of drug-likeness (QED) is 0.738. The molecule has 0 saturated heterocycles. The van der Waals surface area contributed by atoms with Gasteiger partial charge in [0.05, 0.1) is 10.8 Å². The van der Waals surface area contributed by atoms with Crippen molar-refractivity contribution in [2.24, 2.45) is 0 Å². The third-order valence-corrected chi connectivity index (χ3v) is 4.01. The highest BCUT2D eigenvalue weighted by Gasteiger charge is 2.11. The summed E-state index contributed by atoms with van der Waals surface area (Å²) in [6.45, 7) is -0.137. The van der Waals surface area contributed by atoms with Crippen molar-refractivity contribution in [2.75, 3.05) is 11.9 Å². The Balaban J connectivity index is 1.51. The zero-order chi connectivity index (χ0) is 16.1. The van der Waals surface area contributed by atoms with Gasteiger partial charge < -0.3 is 9.15 Å². The van der Waals surface area contributed by atoms with Crippen molar-refractivity contribution in [3.05, 3.63) is 57.6 Å². The van der Waals surface area contributed by atoms with Crippen LogP contribution in [0.1, 0.15) is 10.8 Å². The largest absolute Gasteiger partial charge is 0.484 e. The van der Waals surface area contributed by atoms with Crippen LogP contribution in [0.3, 0.4) is 0 Å². The summed E-state index contributed by atoms with van der Waals surface area (Å²) in [5.74, 6) is 0.648. The SMILES string of the molecule is O=C(COc1ccccc1)Nc1nnc(Cc2ccc(Cl)s2)o1. The van der Waals surface area contributed by atoms with E-state index in [9.17, 15) is 4.79 Å². The van der Waals surface area contributed by atoms with Gasteiger partial charge >= 0.3 is 6.01 Å². The Bertz CT molecular complexity index is 788. The minimum atomic E-state index is -0.372. The molecular weight excluding hydrogens is 338 g/mol. The van der Waals surface area contributed by atoms with Crippen molar-refractivity contribution < 1.29 is 13.9 Å². The lowest BCUT2D eigenvalue weighted by Gasteiger charge is -2.04. The van der Waals surface area contributed by atoms with Crippen LogP contribution in [0.25, 0.3) is 0 Å². The molecule has 118 valence electrons. The highest BCUT2D eigenvalue weighted by Crippen LogP contribution is 2.23. The minimum Gasteiger partial charge on any atom is -0.484 e. The first-order valence-electron chi connectivity index (χ1n) is 6.73. The van der Waals surface area contributed by atoms with E-state index < -0.39 is 0 Å². The molecule has 6 nitrogen and oxygen atoms in total. The summed E-state index contributed by atoms with van der Waals surface area (Å²) in [5, 5.41) is 10.2. The third-order valence-electron chi connectivity index (χ3n) is 2.78. The molecule has 2 aromatic heterocycles. The first kappa shape index (κ1) is 15.5. The van der Waals surface area contributed by atoms with Crippen molar-refractivity contribution in [1.82, 2.24) is 10.2 Å². The topological polar surface area (TPSA) is 77.2 Å². The van der Waals surface area contributed by atoms with E-state index in [1.807, 2.05) is 30.3 Å². The van der Waals surface area contributed by atoms with E-state index in [-0.39, 0.29) is 18.5 Å². The maximum atomic E-state index is 11.8. The molecule has 0 bridgehead atoms. The van der Waals surface area contributed by atoms with Crippen molar-refractivity contribution in [1.29, 1.82) is 0 Å². The highest BCUT2D eigenvalue weighted by molar-refractivity contribution is 7.16. The van der Waals surface area contributed by atoms with Crippen molar-refractivity contribution in [3.63, 3.8) is 0 Å². The van der Waals surface area contributed by atoms with E-state index in [4.69, 9.17) is 20.8 Å². The van der Waals surface area contributed by atoms with Gasteiger partial charge in [-0.25, -0.2) is 0 Å². The number of para-hydroxylation sites is 1. The number of carbonyl (C=O) groups is 1. The number of anilines is 1. The predicted octanol–water partition coefficient (Wildman–Crippen LogP) is 3.39. The average molecular weight is 350 g/mol. The van der Waals surface area contributed by atoms with Crippen molar-refractivity contribution >= 4 is 34.9 Å². The summed E-state index contributed by atoms with van der Waals surface area (Å²) in [5.41, 5.74) is 0. The normalized spacial score (nSPS) is 10.5. The molecule has 0 aliphatic heterocycles. The Morgan fingerprint density at radius 3 is 2.78 bits per heavy atom. The van der Waals surface area contributed by atoms with Crippen LogP contribution in [0.4, 0.5) is 6.01 Å². The summed E-state index contributed by atoms with van der Waals surface area (Å²) in [4.78, 5) is 12.8. The molecule has 0 radical (unpaired) electrons. The number of rotatable bonds is 6. The number of benzene rings is 1. The maximum absolute atomic E-state index is 11.8. The van der Waals surface area contributed by atoms with Crippen LogP contribution in [0, 0.1) is 0 Å². The number of hydrogen-bond acceptors (Lipinski definition) is 6. The second kappa shape index (κ2) is 7.26. The van der Waals surface area contributed by atoms with E-state index >= 15 is 0 Å². The Hall–Kier alpha value is -2.38. The zero-order valence-corrected chi connectivity index (χ0v) is 13.4. The standard InChI is InChI=1S/C15H12ClN3O3S/c16-12-7-6-11(23-12)8-14-18-19-15(22-14)17-13(20)9-21-10-4-2-1-3-5-10/h1-7H,8-9H2,(H,17,19,20). The summed E-state index contributed by atoms with van der Waals surface area (Å²) in [7, 11) is 0. The summed E-state index contributed by atoms with van der Waals surface area (Å²) < 4.78 is 11.4. The monoisotopic (exact) mass is 349 g/mol. The van der Waals surface area contributed by atoms with Crippen LogP contribution in [0.5, 0.6) is 5.75 Å². The van der Waals surface area contributed by atoms with Gasteiger partial charge in [-0.15, -0.1) is 16.4 Å². The van der Waals surface area contributed by atoms with Crippen LogP contribution in [0.2, 0.25) is 4.34 Å². The number of nitrogens with one attached hydrogen (secondary N) is 1. The van der Waals surface area contributed by atoms with Gasteiger partial charge in [0.25, 0.3) is 5.91 Å². The van der Waals surface area contributed by atoms with Crippen LogP contribution in [0.15, 0.2) is 46.9 Å². The first-order valence-corrected chi connectivity index (χ1v) is 7.93. The van der Waals surface area contributed by atoms with Crippen molar-refractivity contribution in [3.8, 4) is 5.75 Å². The number of ether oxygens (including phenoxy) is 1. The molecule has 1 amide bonds. The molecule has 1 aromatic carbocycles. The fraction of sp³-hybridized carbons (Fsp3) is 0.133. The van der Waals surface area contributed by atoms with Gasteiger partial charge in [0.15, 0.2) is 6.61 Å². The number of amides is 1. The fourth-order valence-electron chi connectivity index (χ4n) is 1.79. The van der Waals surface area contributed by atoms with Gasteiger partial charge in [-0.2, -0.15) is 0 Å². The molecule has 0 saturated carbocycles. The molecule has 0 spiro atoms. The van der Waals surface area contributed by atoms with E-state index in [0.717, 1.165) is 4.88 Å². The van der Waals surface area contributed by atoms with Gasteiger partial charge in [0.1, 0.15) is 5.75 Å². The van der Waals surface area contributed by atoms with Gasteiger partial charge in [0, 0.05) is 4.88 Å². The lowest BCUT2D eigenvalue weighted by atomic mass is 10.3. The molecule has 0 aliphatic rings. The zero-order valence-electron chi connectivity index (χ0n) is 11.9. The van der Waals surface area contributed by atoms with Gasteiger partial charge in [-0.1, -0.05) is 34.9 Å². The lowest BCUT2D eigenvalue weighted by Crippen LogP contribution is -2.20.